The molecule has 0 spiro atoms. The predicted octanol–water partition coefficient (Wildman–Crippen LogP) is 1.42. The van der Waals surface area contributed by atoms with Crippen molar-refractivity contribution in [2.24, 2.45) is 0 Å². The van der Waals surface area contributed by atoms with Gasteiger partial charge in [0.25, 0.3) is 0 Å². The Kier molecular flexibility index (Phi) is 2.14. The van der Waals surface area contributed by atoms with Gasteiger partial charge in [-0.2, -0.15) is 0 Å². The number of benzene rings is 1. The molecule has 0 aliphatic carbocycles. The van der Waals surface area contributed by atoms with E-state index in [0.717, 1.165) is 5.69 Å². The molecule has 4 heteroatoms. The molecule has 1 N–H and O–H groups in total. The lowest BCUT2D eigenvalue weighted by Crippen LogP contribution is -1.95. The largest absolute Gasteiger partial charge is 0.339 e. The van der Waals surface area contributed by atoms with Gasteiger partial charge in [-0.1, -0.05) is 18.2 Å². The number of hydrogen-bond acceptors (Lipinski definition) is 4. The Morgan fingerprint density at radius 2 is 2.00 bits per heavy atom. The molecule has 4 nitrogen and oxygen atoms in total. The normalized spacial score (nSPS) is 9.54. The summed E-state index contributed by atoms with van der Waals surface area (Å²) in [5.41, 5.74) is 0.969. The Balaban J connectivity index is 2.16. The van der Waals surface area contributed by atoms with Gasteiger partial charge in [0.05, 0.1) is 0 Å². The zero-order valence-corrected chi connectivity index (χ0v) is 6.81. The van der Waals surface area contributed by atoms with Crippen molar-refractivity contribution in [1.29, 1.82) is 0 Å². The van der Waals surface area contributed by atoms with Crippen LogP contribution in [0.5, 0.6) is 0 Å². The molecule has 0 saturated heterocycles. The van der Waals surface area contributed by atoms with E-state index >= 15 is 0 Å². The van der Waals surface area contributed by atoms with Crippen LogP contribution in [0.4, 0.5) is 11.5 Å². The second-order valence-electron chi connectivity index (χ2n) is 2.44. The molecule has 0 saturated carbocycles. The molecule has 0 unspecified atom stereocenters. The van der Waals surface area contributed by atoms with E-state index in [1.165, 1.54) is 0 Å². The van der Waals surface area contributed by atoms with E-state index < -0.39 is 0 Å². The van der Waals surface area contributed by atoms with E-state index in [1.807, 2.05) is 30.3 Å². The van der Waals surface area contributed by atoms with Gasteiger partial charge >= 0.3 is 0 Å². The van der Waals surface area contributed by atoms with Gasteiger partial charge in [-0.3, -0.25) is 0 Å². The van der Waals surface area contributed by atoms with Gasteiger partial charge in [0, 0.05) is 11.8 Å². The minimum absolute atomic E-state index is 0.640. The van der Waals surface area contributed by atoms with Crippen LogP contribution >= 0.6 is 0 Å². The highest BCUT2D eigenvalue weighted by molar-refractivity contribution is 5.54. The maximum absolute atomic E-state index is 3.77. The van der Waals surface area contributed by atoms with Gasteiger partial charge in [0.2, 0.25) is 0 Å². The number of para-hydroxylation sites is 1. The fourth-order valence-electron chi connectivity index (χ4n) is 0.946. The summed E-state index contributed by atoms with van der Waals surface area (Å²) in [4.78, 5) is 0. The Labute approximate surface area is 75.6 Å². The highest BCUT2D eigenvalue weighted by Crippen LogP contribution is 2.10. The molecule has 2 aromatic rings. The second-order valence-corrected chi connectivity index (χ2v) is 2.44. The first-order valence-electron chi connectivity index (χ1n) is 3.84. The highest BCUT2D eigenvalue weighted by atomic mass is 15.3. The summed E-state index contributed by atoms with van der Waals surface area (Å²) in [7, 11) is 0. The molecule has 0 fully saturated rings. The lowest BCUT2D eigenvalue weighted by atomic mass is 10.3. The summed E-state index contributed by atoms with van der Waals surface area (Å²) in [6, 6.07) is 11.4. The Morgan fingerprint density at radius 1 is 1.15 bits per heavy atom. The average molecular weight is 171 g/mol. The van der Waals surface area contributed by atoms with Crippen LogP contribution in [-0.2, 0) is 0 Å². The monoisotopic (exact) mass is 171 g/mol. The second kappa shape index (κ2) is 3.62. The van der Waals surface area contributed by atoms with Crippen molar-refractivity contribution in [1.82, 2.24) is 15.4 Å². The zero-order valence-electron chi connectivity index (χ0n) is 6.81. The molecular formula is C9H7N4. The molecule has 63 valence electrons. The first-order chi connectivity index (χ1) is 6.45. The molecule has 13 heavy (non-hydrogen) atoms. The minimum Gasteiger partial charge on any atom is -0.339 e. The van der Waals surface area contributed by atoms with Gasteiger partial charge in [0.1, 0.15) is 6.20 Å². The van der Waals surface area contributed by atoms with Crippen LogP contribution in [0.3, 0.4) is 0 Å². The number of rotatable bonds is 2. The lowest BCUT2D eigenvalue weighted by Gasteiger charge is -2.01. The Hall–Kier alpha value is -1.97. The van der Waals surface area contributed by atoms with Crippen molar-refractivity contribution in [2.45, 2.75) is 0 Å². The summed E-state index contributed by atoms with van der Waals surface area (Å²) in [5, 5.41) is 13.8. The molecule has 0 bridgehead atoms. The third-order valence-electron chi connectivity index (χ3n) is 1.50. The van der Waals surface area contributed by atoms with Gasteiger partial charge in [-0.25, -0.2) is 0 Å². The summed E-state index contributed by atoms with van der Waals surface area (Å²) in [6.07, 6.45) is 2.60. The molecule has 2 rings (SSSR count). The molecule has 1 radical (unpaired) electrons. The van der Waals surface area contributed by atoms with Gasteiger partial charge in [0.15, 0.2) is 5.82 Å². The third-order valence-corrected chi connectivity index (χ3v) is 1.50. The minimum atomic E-state index is 0.640. The van der Waals surface area contributed by atoms with Gasteiger partial charge in [-0.15, -0.1) is 10.2 Å². The zero-order chi connectivity index (χ0) is 8.93. The number of anilines is 2. The van der Waals surface area contributed by atoms with E-state index in [-0.39, 0.29) is 0 Å². The molecule has 1 aromatic heterocycles. The van der Waals surface area contributed by atoms with Crippen LogP contribution < -0.4 is 5.32 Å². The molecular weight excluding hydrogens is 164 g/mol. The Bertz CT molecular complexity index is 322. The standard InChI is InChI=1S/C9H7N4/c1-2-4-8(5-3-1)11-9-6-7-10-13-12-9/h1-6H,(H,10,11,12). The summed E-state index contributed by atoms with van der Waals surface area (Å²) >= 11 is 0. The molecule has 0 amide bonds. The Morgan fingerprint density at radius 3 is 2.69 bits per heavy atom. The van der Waals surface area contributed by atoms with Crippen molar-refractivity contribution in [3.8, 4) is 0 Å². The number of nitrogens with zero attached hydrogens (tertiary/aromatic N) is 3. The maximum Gasteiger partial charge on any atom is 0.157 e. The fourth-order valence-corrected chi connectivity index (χ4v) is 0.946. The summed E-state index contributed by atoms with van der Waals surface area (Å²) in [6.45, 7) is 0. The topological polar surface area (TPSA) is 50.7 Å². The highest BCUT2D eigenvalue weighted by Gasteiger charge is 1.93. The van der Waals surface area contributed by atoms with Crippen LogP contribution in [-0.4, -0.2) is 15.4 Å². The number of aromatic nitrogens is 3. The molecule has 0 atom stereocenters. The van der Waals surface area contributed by atoms with E-state index in [1.54, 1.807) is 6.07 Å². The first kappa shape index (κ1) is 7.67. The molecule has 1 aromatic carbocycles. The number of hydrogen-bond donors (Lipinski definition) is 1. The lowest BCUT2D eigenvalue weighted by molar-refractivity contribution is 0.866. The van der Waals surface area contributed by atoms with Crippen LogP contribution in [0.25, 0.3) is 0 Å². The van der Waals surface area contributed by atoms with Crippen molar-refractivity contribution < 1.29 is 0 Å². The van der Waals surface area contributed by atoms with Crippen molar-refractivity contribution in [2.75, 3.05) is 5.32 Å². The van der Waals surface area contributed by atoms with Crippen LogP contribution in [0, 0.1) is 6.20 Å². The first-order valence-corrected chi connectivity index (χ1v) is 3.84. The average Bonchev–Trinajstić information content (AvgIpc) is 2.21. The fraction of sp³-hybridized carbons (Fsp3) is 0. The van der Waals surface area contributed by atoms with E-state index in [9.17, 15) is 0 Å². The third kappa shape index (κ3) is 1.99. The van der Waals surface area contributed by atoms with Crippen molar-refractivity contribution >= 4 is 11.5 Å². The van der Waals surface area contributed by atoms with Gasteiger partial charge < -0.3 is 5.32 Å². The van der Waals surface area contributed by atoms with Crippen LogP contribution in [0.15, 0.2) is 36.4 Å². The summed E-state index contributed by atoms with van der Waals surface area (Å²) in [5.74, 6) is 0.640. The van der Waals surface area contributed by atoms with E-state index in [4.69, 9.17) is 0 Å². The van der Waals surface area contributed by atoms with E-state index in [2.05, 4.69) is 26.9 Å². The smallest absolute Gasteiger partial charge is 0.157 e. The number of nitrogens with one attached hydrogen (secondary N) is 1. The van der Waals surface area contributed by atoms with E-state index in [0.29, 0.717) is 5.82 Å². The van der Waals surface area contributed by atoms with Crippen molar-refractivity contribution in [3.05, 3.63) is 42.6 Å². The van der Waals surface area contributed by atoms with Gasteiger partial charge in [-0.05, 0) is 17.3 Å². The SMILES string of the molecule is [c]1cc(Nc2ccccc2)nnn1. The molecule has 0 aliphatic rings. The van der Waals surface area contributed by atoms with Crippen LogP contribution in [0.1, 0.15) is 0 Å². The molecule has 1 heterocycles. The quantitative estimate of drug-likeness (QED) is 0.742. The van der Waals surface area contributed by atoms with Crippen molar-refractivity contribution in [3.63, 3.8) is 0 Å². The predicted molar refractivity (Wildman–Crippen MR) is 48.4 cm³/mol. The van der Waals surface area contributed by atoms with Crippen LogP contribution in [0.2, 0.25) is 0 Å². The maximum atomic E-state index is 3.77. The summed E-state index contributed by atoms with van der Waals surface area (Å²) < 4.78 is 0. The molecule has 0 aliphatic heterocycles.